The number of para-hydroxylation sites is 1. The van der Waals surface area contributed by atoms with Gasteiger partial charge in [0, 0.05) is 6.54 Å². The first-order valence-corrected chi connectivity index (χ1v) is 9.36. The molecule has 0 amide bonds. The van der Waals surface area contributed by atoms with Gasteiger partial charge in [-0.3, -0.25) is 9.36 Å². The third-order valence-corrected chi connectivity index (χ3v) is 4.58. The van der Waals surface area contributed by atoms with Crippen molar-refractivity contribution >= 4 is 11.6 Å². The van der Waals surface area contributed by atoms with Gasteiger partial charge in [-0.15, -0.1) is 0 Å². The van der Waals surface area contributed by atoms with Gasteiger partial charge in [-0.25, -0.2) is 4.79 Å². The Morgan fingerprint density at radius 3 is 2.48 bits per heavy atom. The molecule has 4 rings (SSSR count). The predicted octanol–water partition coefficient (Wildman–Crippen LogP) is 3.17. The van der Waals surface area contributed by atoms with Crippen LogP contribution in [0.4, 0.5) is 0 Å². The summed E-state index contributed by atoms with van der Waals surface area (Å²) in [7, 11) is 0. The summed E-state index contributed by atoms with van der Waals surface area (Å²) < 4.78 is 7.59. The predicted molar refractivity (Wildman–Crippen MR) is 108 cm³/mol. The van der Waals surface area contributed by atoms with E-state index in [1.807, 2.05) is 13.0 Å². The van der Waals surface area contributed by atoms with Crippen molar-refractivity contribution < 1.29 is 4.52 Å². The average Bonchev–Trinajstić information content (AvgIpc) is 3.22. The Labute approximate surface area is 170 Å². The summed E-state index contributed by atoms with van der Waals surface area (Å²) in [5.74, 6) is 0.144. The molecule has 29 heavy (non-hydrogen) atoms. The van der Waals surface area contributed by atoms with Crippen LogP contribution >= 0.6 is 11.6 Å². The first kappa shape index (κ1) is 18.8. The van der Waals surface area contributed by atoms with Crippen molar-refractivity contribution in [1.82, 2.24) is 24.5 Å². The van der Waals surface area contributed by atoms with Gasteiger partial charge in [-0.1, -0.05) is 54.0 Å². The summed E-state index contributed by atoms with van der Waals surface area (Å²) in [5, 5.41) is 8.57. The minimum Gasteiger partial charge on any atom is -0.333 e. The van der Waals surface area contributed by atoms with Crippen LogP contribution in [0.3, 0.4) is 0 Å². The Morgan fingerprint density at radius 2 is 1.76 bits per heavy atom. The van der Waals surface area contributed by atoms with Gasteiger partial charge < -0.3 is 4.52 Å². The third-order valence-electron chi connectivity index (χ3n) is 4.25. The van der Waals surface area contributed by atoms with Gasteiger partial charge in [-0.2, -0.15) is 14.8 Å². The molecular formula is C20H16ClN5O3. The Morgan fingerprint density at radius 1 is 1.03 bits per heavy atom. The summed E-state index contributed by atoms with van der Waals surface area (Å²) in [5.41, 5.74) is -0.113. The summed E-state index contributed by atoms with van der Waals surface area (Å²) >= 11 is 6.18. The van der Waals surface area contributed by atoms with Crippen molar-refractivity contribution in [2.24, 2.45) is 0 Å². The number of nitrogens with zero attached hydrogens (tertiary/aromatic N) is 5. The first-order valence-electron chi connectivity index (χ1n) is 8.98. The van der Waals surface area contributed by atoms with E-state index in [0.717, 1.165) is 9.25 Å². The van der Waals surface area contributed by atoms with E-state index < -0.39 is 11.2 Å². The van der Waals surface area contributed by atoms with E-state index in [9.17, 15) is 9.59 Å². The van der Waals surface area contributed by atoms with Crippen molar-refractivity contribution in [2.45, 2.75) is 19.9 Å². The highest BCUT2D eigenvalue weighted by molar-refractivity contribution is 6.33. The van der Waals surface area contributed by atoms with E-state index in [-0.39, 0.29) is 24.0 Å². The van der Waals surface area contributed by atoms with Crippen LogP contribution in [0.1, 0.15) is 13.3 Å². The molecular weight excluding hydrogens is 394 g/mol. The molecule has 0 aliphatic heterocycles. The fourth-order valence-electron chi connectivity index (χ4n) is 2.88. The van der Waals surface area contributed by atoms with Gasteiger partial charge in [-0.05, 0) is 30.7 Å². The molecule has 0 bridgehead atoms. The smallest absolute Gasteiger partial charge is 0.333 e. The van der Waals surface area contributed by atoms with Crippen molar-refractivity contribution in [3.8, 4) is 28.7 Å². The van der Waals surface area contributed by atoms with Crippen molar-refractivity contribution in [2.75, 3.05) is 0 Å². The Kier molecular flexibility index (Phi) is 5.09. The van der Waals surface area contributed by atoms with Crippen LogP contribution in [0.2, 0.25) is 5.02 Å². The molecule has 0 aliphatic rings. The minimum atomic E-state index is -0.574. The van der Waals surface area contributed by atoms with Crippen LogP contribution in [0.5, 0.6) is 0 Å². The number of hydrogen-bond donors (Lipinski definition) is 0. The fraction of sp³-hybridized carbons (Fsp3) is 0.150. The van der Waals surface area contributed by atoms with Gasteiger partial charge in [0.15, 0.2) is 5.69 Å². The highest BCUT2D eigenvalue weighted by Gasteiger charge is 2.21. The van der Waals surface area contributed by atoms with Crippen LogP contribution in [-0.4, -0.2) is 24.5 Å². The number of aromatic nitrogens is 5. The van der Waals surface area contributed by atoms with Crippen LogP contribution in [0.15, 0.2) is 68.7 Å². The molecule has 4 aromatic rings. The molecule has 8 nitrogen and oxygen atoms in total. The largest absolute Gasteiger partial charge is 0.352 e. The molecule has 146 valence electrons. The first-order chi connectivity index (χ1) is 14.1. The Balaban J connectivity index is 1.91. The maximum atomic E-state index is 12.9. The van der Waals surface area contributed by atoms with E-state index in [2.05, 4.69) is 15.2 Å². The lowest BCUT2D eigenvalue weighted by Crippen LogP contribution is -2.41. The molecule has 0 saturated heterocycles. The average molecular weight is 410 g/mol. The van der Waals surface area contributed by atoms with Crippen LogP contribution < -0.4 is 11.2 Å². The van der Waals surface area contributed by atoms with Gasteiger partial charge in [0.2, 0.25) is 5.82 Å². The van der Waals surface area contributed by atoms with Crippen LogP contribution in [0.25, 0.3) is 28.7 Å². The minimum absolute atomic E-state index is 0.0144. The van der Waals surface area contributed by atoms with Crippen molar-refractivity contribution in [1.29, 1.82) is 0 Å². The molecule has 0 unspecified atom stereocenters. The van der Waals surface area contributed by atoms with Gasteiger partial charge in [0.05, 0.1) is 16.3 Å². The van der Waals surface area contributed by atoms with Crippen molar-refractivity contribution in [3.63, 3.8) is 0 Å². The summed E-state index contributed by atoms with van der Waals surface area (Å²) in [6.45, 7) is 2.12. The molecule has 0 atom stereocenters. The standard InChI is InChI=1S/C20H16ClN5O3/c1-2-12-25-19(27)16(23-26(20(25)28)13-8-4-3-5-9-13)17-22-18(29-24-17)14-10-6-7-11-15(14)21/h3-11H,2,12H2,1H3. The zero-order valence-corrected chi connectivity index (χ0v) is 16.2. The molecule has 0 radical (unpaired) electrons. The number of halogens is 1. The molecule has 0 aliphatic carbocycles. The fourth-order valence-corrected chi connectivity index (χ4v) is 3.09. The summed E-state index contributed by atoms with van der Waals surface area (Å²) in [6, 6.07) is 15.8. The van der Waals surface area contributed by atoms with Crippen LogP contribution in [-0.2, 0) is 6.54 Å². The molecule has 0 spiro atoms. The van der Waals surface area contributed by atoms with Gasteiger partial charge in [0.1, 0.15) is 0 Å². The molecule has 2 aromatic heterocycles. The van der Waals surface area contributed by atoms with E-state index in [1.165, 1.54) is 0 Å². The van der Waals surface area contributed by atoms with Crippen molar-refractivity contribution in [3.05, 3.63) is 80.5 Å². The second-order valence-corrected chi connectivity index (χ2v) is 6.65. The van der Waals surface area contributed by atoms with Crippen LogP contribution in [0, 0.1) is 0 Å². The highest BCUT2D eigenvalue weighted by atomic mass is 35.5. The molecule has 9 heteroatoms. The van der Waals surface area contributed by atoms with E-state index in [0.29, 0.717) is 22.7 Å². The zero-order valence-electron chi connectivity index (χ0n) is 15.4. The number of hydrogen-bond acceptors (Lipinski definition) is 6. The molecule has 0 N–H and O–H groups in total. The lowest BCUT2D eigenvalue weighted by molar-refractivity contribution is 0.431. The maximum Gasteiger partial charge on any atom is 0.352 e. The molecule has 0 fully saturated rings. The second-order valence-electron chi connectivity index (χ2n) is 6.24. The number of rotatable bonds is 5. The van der Waals surface area contributed by atoms with E-state index in [4.69, 9.17) is 16.1 Å². The van der Waals surface area contributed by atoms with E-state index >= 15 is 0 Å². The quantitative estimate of drug-likeness (QED) is 0.502. The normalized spacial score (nSPS) is 11.0. The molecule has 2 aromatic carbocycles. The maximum absolute atomic E-state index is 12.9. The monoisotopic (exact) mass is 409 g/mol. The Bertz CT molecular complexity index is 1280. The summed E-state index contributed by atoms with van der Waals surface area (Å²) in [6.07, 6.45) is 0.602. The highest BCUT2D eigenvalue weighted by Crippen LogP contribution is 2.27. The third kappa shape index (κ3) is 3.50. The zero-order chi connectivity index (χ0) is 20.4. The van der Waals surface area contributed by atoms with E-state index in [1.54, 1.807) is 48.5 Å². The summed E-state index contributed by atoms with van der Waals surface area (Å²) in [4.78, 5) is 30.0. The lowest BCUT2D eigenvalue weighted by Gasteiger charge is -2.10. The molecule has 2 heterocycles. The lowest BCUT2D eigenvalue weighted by atomic mass is 10.2. The SMILES string of the molecule is CCCn1c(=O)c(-c2noc(-c3ccccc3Cl)n2)nn(-c2ccccc2)c1=O. The topological polar surface area (TPSA) is 95.8 Å². The Hall–Kier alpha value is -3.52. The number of benzene rings is 2. The van der Waals surface area contributed by atoms with Gasteiger partial charge >= 0.3 is 5.69 Å². The molecule has 0 saturated carbocycles. The van der Waals surface area contributed by atoms with Gasteiger partial charge in [0.25, 0.3) is 11.4 Å². The second kappa shape index (κ2) is 7.84.